The zero-order chi connectivity index (χ0) is 18.2. The molecule has 0 bridgehead atoms. The van der Waals surface area contributed by atoms with Gasteiger partial charge in [0.25, 0.3) is 0 Å². The Hall–Kier alpha value is -2.34. The van der Waals surface area contributed by atoms with Crippen molar-refractivity contribution in [3.05, 3.63) is 41.0 Å². The summed E-state index contributed by atoms with van der Waals surface area (Å²) in [6.45, 7) is 9.11. The minimum Gasteiger partial charge on any atom is -0.494 e. The average molecular weight is 358 g/mol. The van der Waals surface area contributed by atoms with Gasteiger partial charge in [-0.2, -0.15) is 0 Å². The number of thiazole rings is 1. The molecule has 0 aliphatic carbocycles. The van der Waals surface area contributed by atoms with Crippen molar-refractivity contribution in [1.82, 2.24) is 9.38 Å². The third-order valence-corrected chi connectivity index (χ3v) is 4.91. The first-order valence-corrected chi connectivity index (χ1v) is 9.06. The predicted octanol–water partition coefficient (Wildman–Crippen LogP) is 4.39. The monoisotopic (exact) mass is 358 g/mol. The summed E-state index contributed by atoms with van der Waals surface area (Å²) in [5.74, 6) is 0.0783. The maximum absolute atomic E-state index is 10.8. The van der Waals surface area contributed by atoms with E-state index in [1.54, 1.807) is 0 Å². The zero-order valence-electron chi connectivity index (χ0n) is 14.9. The third kappa shape index (κ3) is 3.69. The summed E-state index contributed by atoms with van der Waals surface area (Å²) in [5.41, 5.74) is 3.02. The highest BCUT2D eigenvalue weighted by atomic mass is 32.1. The second-order valence-electron chi connectivity index (χ2n) is 6.98. The van der Waals surface area contributed by atoms with Crippen molar-refractivity contribution in [2.45, 2.75) is 39.5 Å². The van der Waals surface area contributed by atoms with Gasteiger partial charge in [0, 0.05) is 28.4 Å². The van der Waals surface area contributed by atoms with Gasteiger partial charge in [-0.15, -0.1) is 11.3 Å². The van der Waals surface area contributed by atoms with E-state index >= 15 is 0 Å². The molecule has 0 amide bonds. The topological polar surface area (TPSA) is 63.8 Å². The van der Waals surface area contributed by atoms with E-state index in [0.29, 0.717) is 6.61 Å². The van der Waals surface area contributed by atoms with Crippen molar-refractivity contribution in [3.63, 3.8) is 0 Å². The maximum atomic E-state index is 10.8. The Morgan fingerprint density at radius 3 is 2.68 bits per heavy atom. The highest BCUT2D eigenvalue weighted by Gasteiger charge is 2.20. The number of hydrogen-bond acceptors (Lipinski definition) is 4. The lowest BCUT2D eigenvalue weighted by Crippen LogP contribution is -2.13. The lowest BCUT2D eigenvalue weighted by atomic mass is 9.85. The largest absolute Gasteiger partial charge is 0.494 e. The maximum Gasteiger partial charge on any atom is 0.308 e. The molecular formula is C19H22N2O3S. The Labute approximate surface area is 150 Å². The molecule has 3 aromatic rings. The van der Waals surface area contributed by atoms with E-state index in [9.17, 15) is 4.79 Å². The van der Waals surface area contributed by atoms with Gasteiger partial charge in [-0.05, 0) is 30.5 Å². The number of carboxylic acids is 1. The number of rotatable bonds is 5. The standard InChI is InChI=1S/C19H22N2O3S/c1-5-24-16-7-6-12(8-14(16)19(2,3)4)15-11-21-10-13(9-17(22)23)25-18(21)20-15/h6-8,10-11H,5,9H2,1-4H3,(H,22,23). The first-order chi connectivity index (χ1) is 11.8. The molecule has 0 atom stereocenters. The predicted molar refractivity (Wildman–Crippen MR) is 99.7 cm³/mol. The molecule has 0 radical (unpaired) electrons. The van der Waals surface area contributed by atoms with Crippen LogP contribution in [0.5, 0.6) is 5.75 Å². The molecule has 0 fully saturated rings. The van der Waals surface area contributed by atoms with Crippen LogP contribution in [0.4, 0.5) is 0 Å². The van der Waals surface area contributed by atoms with Crippen molar-refractivity contribution in [1.29, 1.82) is 0 Å². The molecule has 0 unspecified atom stereocenters. The summed E-state index contributed by atoms with van der Waals surface area (Å²) in [7, 11) is 0. The Bertz CT molecular complexity index is 887. The molecule has 6 heteroatoms. The second kappa shape index (κ2) is 6.52. The molecule has 1 N–H and O–H groups in total. The summed E-state index contributed by atoms with van der Waals surface area (Å²) in [6, 6.07) is 6.16. The van der Waals surface area contributed by atoms with Gasteiger partial charge in [-0.3, -0.25) is 9.20 Å². The number of benzene rings is 1. The molecule has 25 heavy (non-hydrogen) atoms. The molecule has 132 valence electrons. The summed E-state index contributed by atoms with van der Waals surface area (Å²) in [4.78, 5) is 17.1. The van der Waals surface area contributed by atoms with Crippen LogP contribution in [0.2, 0.25) is 0 Å². The van der Waals surface area contributed by atoms with Gasteiger partial charge in [0.15, 0.2) is 4.96 Å². The zero-order valence-corrected chi connectivity index (χ0v) is 15.7. The SMILES string of the molecule is CCOc1ccc(-c2cn3cc(CC(=O)O)sc3n2)cc1C(C)(C)C. The number of imidazole rings is 1. The summed E-state index contributed by atoms with van der Waals surface area (Å²) in [6.07, 6.45) is 3.81. The molecule has 1 aromatic carbocycles. The first kappa shape index (κ1) is 17.5. The van der Waals surface area contributed by atoms with Crippen molar-refractivity contribution in [3.8, 4) is 17.0 Å². The van der Waals surface area contributed by atoms with Crippen molar-refractivity contribution >= 4 is 22.3 Å². The number of nitrogens with zero attached hydrogens (tertiary/aromatic N) is 2. The minimum absolute atomic E-state index is 0.0284. The van der Waals surface area contributed by atoms with Crippen LogP contribution in [0.1, 0.15) is 38.1 Å². The number of fused-ring (bicyclic) bond motifs is 1. The van der Waals surface area contributed by atoms with Gasteiger partial charge >= 0.3 is 5.97 Å². The van der Waals surface area contributed by atoms with Crippen LogP contribution in [0.25, 0.3) is 16.2 Å². The Morgan fingerprint density at radius 1 is 1.32 bits per heavy atom. The Balaban J connectivity index is 1.99. The van der Waals surface area contributed by atoms with Crippen LogP contribution in [-0.2, 0) is 16.6 Å². The Morgan fingerprint density at radius 2 is 2.08 bits per heavy atom. The van der Waals surface area contributed by atoms with E-state index in [0.717, 1.165) is 32.4 Å². The first-order valence-electron chi connectivity index (χ1n) is 8.25. The highest BCUT2D eigenvalue weighted by Crippen LogP contribution is 2.35. The van der Waals surface area contributed by atoms with Gasteiger partial charge < -0.3 is 9.84 Å². The molecule has 2 aromatic heterocycles. The molecule has 2 heterocycles. The van der Waals surface area contributed by atoms with Crippen LogP contribution in [0.15, 0.2) is 30.6 Å². The lowest BCUT2D eigenvalue weighted by Gasteiger charge is -2.23. The van der Waals surface area contributed by atoms with Crippen LogP contribution in [-0.4, -0.2) is 27.1 Å². The molecule has 0 aliphatic rings. The molecule has 0 aliphatic heterocycles. The normalized spacial score (nSPS) is 11.8. The number of hydrogen-bond donors (Lipinski definition) is 1. The smallest absolute Gasteiger partial charge is 0.308 e. The minimum atomic E-state index is -0.828. The molecular weight excluding hydrogens is 336 g/mol. The van der Waals surface area contributed by atoms with Crippen molar-refractivity contribution in [2.24, 2.45) is 0 Å². The third-order valence-electron chi connectivity index (χ3n) is 3.91. The van der Waals surface area contributed by atoms with Crippen molar-refractivity contribution < 1.29 is 14.6 Å². The van der Waals surface area contributed by atoms with E-state index < -0.39 is 5.97 Å². The van der Waals surface area contributed by atoms with Crippen LogP contribution in [0, 0.1) is 0 Å². The van der Waals surface area contributed by atoms with Crippen LogP contribution < -0.4 is 4.74 Å². The number of ether oxygens (including phenoxy) is 1. The summed E-state index contributed by atoms with van der Waals surface area (Å²) in [5, 5.41) is 8.90. The van der Waals surface area contributed by atoms with Crippen LogP contribution in [0.3, 0.4) is 0 Å². The number of aromatic nitrogens is 2. The summed E-state index contributed by atoms with van der Waals surface area (Å²) >= 11 is 1.41. The fraction of sp³-hybridized carbons (Fsp3) is 0.368. The van der Waals surface area contributed by atoms with Gasteiger partial charge in [-0.25, -0.2) is 4.98 Å². The van der Waals surface area contributed by atoms with Crippen LogP contribution >= 0.6 is 11.3 Å². The number of carbonyl (C=O) groups is 1. The molecule has 0 spiro atoms. The second-order valence-corrected chi connectivity index (χ2v) is 8.07. The number of carboxylic acid groups (broad SMARTS) is 1. The average Bonchev–Trinajstić information content (AvgIpc) is 3.04. The van der Waals surface area contributed by atoms with Gasteiger partial charge in [0.05, 0.1) is 18.7 Å². The van der Waals surface area contributed by atoms with E-state index in [-0.39, 0.29) is 11.8 Å². The highest BCUT2D eigenvalue weighted by molar-refractivity contribution is 7.17. The van der Waals surface area contributed by atoms with E-state index in [1.165, 1.54) is 11.3 Å². The number of aliphatic carboxylic acids is 1. The van der Waals surface area contributed by atoms with Crippen molar-refractivity contribution in [2.75, 3.05) is 6.61 Å². The molecule has 3 rings (SSSR count). The molecule has 5 nitrogen and oxygen atoms in total. The fourth-order valence-corrected chi connectivity index (χ4v) is 3.72. The van der Waals surface area contributed by atoms with E-state index in [1.807, 2.05) is 35.9 Å². The summed E-state index contributed by atoms with van der Waals surface area (Å²) < 4.78 is 7.67. The van der Waals surface area contributed by atoms with Gasteiger partial charge in [0.1, 0.15) is 5.75 Å². The Kier molecular flexibility index (Phi) is 4.56. The van der Waals surface area contributed by atoms with Gasteiger partial charge in [-0.1, -0.05) is 20.8 Å². The van der Waals surface area contributed by atoms with Gasteiger partial charge in [0.2, 0.25) is 0 Å². The molecule has 0 saturated carbocycles. The molecule has 0 saturated heterocycles. The van der Waals surface area contributed by atoms with E-state index in [2.05, 4.69) is 31.8 Å². The lowest BCUT2D eigenvalue weighted by molar-refractivity contribution is -0.136. The quantitative estimate of drug-likeness (QED) is 0.735. The fourth-order valence-electron chi connectivity index (χ4n) is 2.77. The van der Waals surface area contributed by atoms with E-state index in [4.69, 9.17) is 9.84 Å².